The van der Waals surface area contributed by atoms with Crippen LogP contribution in [0.2, 0.25) is 0 Å². The van der Waals surface area contributed by atoms with E-state index < -0.39 is 58.1 Å². The van der Waals surface area contributed by atoms with Crippen LogP contribution >= 0.6 is 0 Å². The van der Waals surface area contributed by atoms with Gasteiger partial charge >= 0.3 is 20.8 Å². The fourth-order valence-electron chi connectivity index (χ4n) is 1.56. The van der Waals surface area contributed by atoms with Crippen LogP contribution in [0.25, 0.3) is 0 Å². The largest absolute Gasteiger partial charge is 0.397 e. The Bertz CT molecular complexity index is 490. The van der Waals surface area contributed by atoms with E-state index in [1.54, 1.807) is 0 Å². The maximum Gasteiger partial charge on any atom is 0.397 e. The molecule has 1 aliphatic heterocycles. The van der Waals surface area contributed by atoms with Crippen molar-refractivity contribution < 1.29 is 54.4 Å². The molecule has 0 amide bonds. The normalized spacial score (nSPS) is 36.0. The molecule has 0 bridgehead atoms. The Morgan fingerprint density at radius 2 is 1.40 bits per heavy atom. The predicted octanol–water partition coefficient (Wildman–Crippen LogP) is -3.57. The molecule has 0 aromatic rings. The van der Waals surface area contributed by atoms with Gasteiger partial charge in [-0.2, -0.15) is 16.8 Å². The monoisotopic (exact) mass is 340 g/mol. The summed E-state index contributed by atoms with van der Waals surface area (Å²) < 4.78 is 72.2. The molecule has 1 heterocycles. The Hall–Kier alpha value is -0.420. The van der Waals surface area contributed by atoms with Crippen LogP contribution in [-0.2, 0) is 33.9 Å². The molecule has 1 fully saturated rings. The van der Waals surface area contributed by atoms with Gasteiger partial charge in [0.25, 0.3) is 0 Å². The Morgan fingerprint density at radius 1 is 0.950 bits per heavy atom. The molecule has 12 nitrogen and oxygen atoms in total. The highest BCUT2D eigenvalue weighted by molar-refractivity contribution is 7.81. The van der Waals surface area contributed by atoms with E-state index in [9.17, 15) is 27.0 Å². The van der Waals surface area contributed by atoms with Crippen molar-refractivity contribution in [3.05, 3.63) is 0 Å². The van der Waals surface area contributed by atoms with Gasteiger partial charge in [0.2, 0.25) is 0 Å². The second kappa shape index (κ2) is 6.14. The highest BCUT2D eigenvalue weighted by Crippen LogP contribution is 2.26. The van der Waals surface area contributed by atoms with Crippen LogP contribution in [0.1, 0.15) is 0 Å². The summed E-state index contributed by atoms with van der Waals surface area (Å²) in [6.07, 6.45) is -10.1. The van der Waals surface area contributed by atoms with E-state index in [-0.39, 0.29) is 0 Å². The first kappa shape index (κ1) is 17.6. The topological polar surface area (TPSA) is 197 Å². The molecule has 14 heteroatoms. The van der Waals surface area contributed by atoms with Gasteiger partial charge in [-0.1, -0.05) is 0 Å². The third-order valence-electron chi connectivity index (χ3n) is 2.28. The van der Waals surface area contributed by atoms with Crippen molar-refractivity contribution in [2.45, 2.75) is 30.7 Å². The lowest BCUT2D eigenvalue weighted by Crippen LogP contribution is -2.61. The van der Waals surface area contributed by atoms with E-state index >= 15 is 0 Å². The van der Waals surface area contributed by atoms with E-state index in [4.69, 9.17) is 14.2 Å². The van der Waals surface area contributed by atoms with Crippen LogP contribution in [0, 0.1) is 0 Å². The zero-order valence-electron chi connectivity index (χ0n) is 9.50. The van der Waals surface area contributed by atoms with Crippen molar-refractivity contribution in [2.24, 2.45) is 0 Å². The quantitative estimate of drug-likeness (QED) is 0.309. The molecular weight excluding hydrogens is 328 g/mol. The lowest BCUT2D eigenvalue weighted by atomic mass is 9.99. The van der Waals surface area contributed by atoms with Gasteiger partial charge in [0.1, 0.15) is 24.4 Å². The lowest BCUT2D eigenvalue weighted by molar-refractivity contribution is -0.277. The van der Waals surface area contributed by atoms with Gasteiger partial charge in [-0.15, -0.1) is 0 Å². The van der Waals surface area contributed by atoms with Gasteiger partial charge in [-0.3, -0.25) is 9.11 Å². The summed E-state index contributed by atoms with van der Waals surface area (Å²) in [5.41, 5.74) is 0. The van der Waals surface area contributed by atoms with E-state index in [1.807, 2.05) is 0 Å². The summed E-state index contributed by atoms with van der Waals surface area (Å²) in [7, 11) is -10.3. The fraction of sp³-hybridized carbons (Fsp3) is 1.00. The molecule has 0 radical (unpaired) electrons. The molecule has 0 unspecified atom stereocenters. The average molecular weight is 340 g/mol. The summed E-state index contributed by atoms with van der Waals surface area (Å²) >= 11 is 0. The molecule has 5 N–H and O–H groups in total. The van der Waals surface area contributed by atoms with Crippen molar-refractivity contribution in [1.82, 2.24) is 0 Å². The van der Waals surface area contributed by atoms with Crippen LogP contribution < -0.4 is 0 Å². The highest BCUT2D eigenvalue weighted by Gasteiger charge is 2.49. The third kappa shape index (κ3) is 4.85. The molecule has 5 atom stereocenters. The summed E-state index contributed by atoms with van der Waals surface area (Å²) in [6.45, 7) is -0.977. The molecule has 0 aromatic heterocycles. The van der Waals surface area contributed by atoms with Gasteiger partial charge in [-0.05, 0) is 0 Å². The lowest BCUT2D eigenvalue weighted by Gasteiger charge is -2.40. The molecule has 0 spiro atoms. The minimum absolute atomic E-state index is 0.977. The first-order chi connectivity index (χ1) is 8.94. The molecule has 0 aliphatic carbocycles. The number of ether oxygens (including phenoxy) is 1. The summed E-state index contributed by atoms with van der Waals surface area (Å²) in [5, 5.41) is 27.7. The van der Waals surface area contributed by atoms with Gasteiger partial charge < -0.3 is 20.1 Å². The Kier molecular flexibility index (Phi) is 5.41. The molecular formula is C6H12O12S2. The van der Waals surface area contributed by atoms with Crippen molar-refractivity contribution >= 4 is 20.8 Å². The summed E-state index contributed by atoms with van der Waals surface area (Å²) in [4.78, 5) is 0. The molecule has 1 aliphatic rings. The van der Waals surface area contributed by atoms with Crippen molar-refractivity contribution in [2.75, 3.05) is 6.61 Å². The second-order valence-corrected chi connectivity index (χ2v) is 5.81. The Balaban J connectivity index is 3.12. The number of aliphatic hydroxyl groups is 3. The number of aliphatic hydroxyl groups excluding tert-OH is 3. The third-order valence-corrected chi connectivity index (χ3v) is 3.21. The van der Waals surface area contributed by atoms with Crippen LogP contribution in [0.15, 0.2) is 0 Å². The number of hydrogen-bond acceptors (Lipinski definition) is 10. The van der Waals surface area contributed by atoms with E-state index in [1.165, 1.54) is 0 Å². The zero-order valence-corrected chi connectivity index (χ0v) is 11.1. The summed E-state index contributed by atoms with van der Waals surface area (Å²) in [5.74, 6) is 0. The molecule has 0 saturated carbocycles. The van der Waals surface area contributed by atoms with Crippen molar-refractivity contribution in [1.29, 1.82) is 0 Å². The van der Waals surface area contributed by atoms with Crippen LogP contribution in [0.5, 0.6) is 0 Å². The molecule has 1 saturated heterocycles. The highest BCUT2D eigenvalue weighted by atomic mass is 32.3. The van der Waals surface area contributed by atoms with E-state index in [2.05, 4.69) is 13.1 Å². The van der Waals surface area contributed by atoms with Crippen LogP contribution in [0.4, 0.5) is 0 Å². The standard InChI is InChI=1S/C6H12O12S2/c7-1-2-4(17-19(10,11)12)5(18-20(13,14)15)3(8)6(9)16-2/h2-9H,1H2,(H,10,11,12)(H,13,14,15)/t2-,3-,4-,5-,6+/m1/s1. The van der Waals surface area contributed by atoms with E-state index in [0.29, 0.717) is 0 Å². The number of rotatable bonds is 5. The maximum atomic E-state index is 10.6. The van der Waals surface area contributed by atoms with Gasteiger partial charge in [0.05, 0.1) is 6.61 Å². The maximum absolute atomic E-state index is 10.6. The van der Waals surface area contributed by atoms with Crippen molar-refractivity contribution in [3.63, 3.8) is 0 Å². The SMILES string of the molecule is O=S(=O)(O)O[C@@H]1[C@@H](O)[C@@H](O)O[C@H](CO)[C@H]1OS(=O)(=O)O. The Labute approximate surface area is 113 Å². The van der Waals surface area contributed by atoms with Crippen molar-refractivity contribution in [3.8, 4) is 0 Å². The first-order valence-electron chi connectivity index (χ1n) is 4.88. The minimum Gasteiger partial charge on any atom is -0.394 e. The summed E-state index contributed by atoms with van der Waals surface area (Å²) in [6, 6.07) is 0. The van der Waals surface area contributed by atoms with E-state index in [0.717, 1.165) is 0 Å². The van der Waals surface area contributed by atoms with Gasteiger partial charge in [-0.25, -0.2) is 8.37 Å². The average Bonchev–Trinajstić information content (AvgIpc) is 2.25. The fourth-order valence-corrected chi connectivity index (χ4v) is 2.58. The zero-order chi connectivity index (χ0) is 15.7. The molecule has 20 heavy (non-hydrogen) atoms. The molecule has 1 rings (SSSR count). The van der Waals surface area contributed by atoms with Crippen LogP contribution in [-0.4, -0.2) is 78.6 Å². The molecule has 0 aromatic carbocycles. The number of hydrogen-bond donors (Lipinski definition) is 5. The Morgan fingerprint density at radius 3 is 1.80 bits per heavy atom. The molecule has 120 valence electrons. The smallest absolute Gasteiger partial charge is 0.394 e. The van der Waals surface area contributed by atoms with Gasteiger partial charge in [0.15, 0.2) is 6.29 Å². The first-order valence-corrected chi connectivity index (χ1v) is 7.61. The minimum atomic E-state index is -5.16. The van der Waals surface area contributed by atoms with Crippen LogP contribution in [0.3, 0.4) is 0 Å². The predicted molar refractivity (Wildman–Crippen MR) is 56.8 cm³/mol. The second-order valence-electron chi connectivity index (χ2n) is 3.72. The van der Waals surface area contributed by atoms with Gasteiger partial charge in [0, 0.05) is 0 Å².